The monoisotopic (exact) mass is 207 g/mol. The van der Waals surface area contributed by atoms with Crippen LogP contribution in [0.25, 0.3) is 0 Å². The zero-order chi connectivity index (χ0) is 10.7. The summed E-state index contributed by atoms with van der Waals surface area (Å²) in [5.41, 5.74) is 1.25. The maximum atomic E-state index is 8.79. The van der Waals surface area contributed by atoms with Crippen molar-refractivity contribution in [2.24, 2.45) is 0 Å². The van der Waals surface area contributed by atoms with E-state index in [4.69, 9.17) is 5.11 Å². The van der Waals surface area contributed by atoms with E-state index in [2.05, 4.69) is 9.97 Å². The molecule has 4 heteroatoms. The highest BCUT2D eigenvalue weighted by Crippen LogP contribution is 2.35. The highest BCUT2D eigenvalue weighted by molar-refractivity contribution is 5.29. The molecule has 0 amide bonds. The summed E-state index contributed by atoms with van der Waals surface area (Å²) in [6, 6.07) is 0. The summed E-state index contributed by atoms with van der Waals surface area (Å²) in [6.45, 7) is 0.701. The lowest BCUT2D eigenvalue weighted by Crippen LogP contribution is -2.23. The predicted molar refractivity (Wildman–Crippen MR) is 59.0 cm³/mol. The van der Waals surface area contributed by atoms with E-state index in [-0.39, 0.29) is 6.61 Å². The Morgan fingerprint density at radius 2 is 2.07 bits per heavy atom. The van der Waals surface area contributed by atoms with E-state index in [1.54, 1.807) is 0 Å². The first-order chi connectivity index (χ1) is 7.31. The van der Waals surface area contributed by atoms with Crippen molar-refractivity contribution in [1.29, 1.82) is 0 Å². The Morgan fingerprint density at radius 1 is 1.40 bits per heavy atom. The van der Waals surface area contributed by atoms with Gasteiger partial charge in [-0.15, -0.1) is 0 Å². The zero-order valence-electron chi connectivity index (χ0n) is 9.06. The van der Waals surface area contributed by atoms with Crippen molar-refractivity contribution in [2.45, 2.75) is 25.2 Å². The Balaban J connectivity index is 2.02. The van der Waals surface area contributed by atoms with Crippen LogP contribution >= 0.6 is 0 Å². The second-order valence-electron chi connectivity index (χ2n) is 4.09. The molecule has 1 N–H and O–H groups in total. The first-order valence-electron chi connectivity index (χ1n) is 5.45. The molecule has 0 unspecified atom stereocenters. The topological polar surface area (TPSA) is 49.2 Å². The fraction of sp³-hybridized carbons (Fsp3) is 0.636. The van der Waals surface area contributed by atoms with Crippen molar-refractivity contribution in [3.05, 3.63) is 18.0 Å². The number of aliphatic hydroxyl groups excluding tert-OH is 1. The van der Waals surface area contributed by atoms with Crippen LogP contribution in [0.15, 0.2) is 12.4 Å². The highest BCUT2D eigenvalue weighted by atomic mass is 16.3. The summed E-state index contributed by atoms with van der Waals surface area (Å²) >= 11 is 0. The van der Waals surface area contributed by atoms with Crippen molar-refractivity contribution < 1.29 is 5.11 Å². The Hall–Kier alpha value is -1.16. The van der Waals surface area contributed by atoms with E-state index < -0.39 is 0 Å². The van der Waals surface area contributed by atoms with Gasteiger partial charge in [0.15, 0.2) is 0 Å². The predicted octanol–water partition coefficient (Wildman–Crippen LogP) is 1.17. The SMILES string of the molecule is CN(CCO)c1ncc(C2CCC2)cn1. The van der Waals surface area contributed by atoms with E-state index in [0.717, 1.165) is 0 Å². The maximum absolute atomic E-state index is 8.79. The number of hydrogen-bond donors (Lipinski definition) is 1. The molecule has 15 heavy (non-hydrogen) atoms. The Morgan fingerprint density at radius 3 is 2.53 bits per heavy atom. The number of likely N-dealkylation sites (N-methyl/N-ethyl adjacent to an activating group) is 1. The van der Waals surface area contributed by atoms with Gasteiger partial charge in [0.05, 0.1) is 6.61 Å². The van der Waals surface area contributed by atoms with Gasteiger partial charge in [0, 0.05) is 26.0 Å². The fourth-order valence-electron chi connectivity index (χ4n) is 1.73. The van der Waals surface area contributed by atoms with Crippen LogP contribution in [0.1, 0.15) is 30.7 Å². The van der Waals surface area contributed by atoms with E-state index in [1.807, 2.05) is 24.3 Å². The van der Waals surface area contributed by atoms with Crippen LogP contribution in [0.5, 0.6) is 0 Å². The van der Waals surface area contributed by atoms with E-state index in [0.29, 0.717) is 18.4 Å². The average Bonchev–Trinajstić information content (AvgIpc) is 2.16. The summed E-state index contributed by atoms with van der Waals surface area (Å²) in [4.78, 5) is 10.5. The van der Waals surface area contributed by atoms with Gasteiger partial charge in [-0.2, -0.15) is 0 Å². The van der Waals surface area contributed by atoms with E-state index >= 15 is 0 Å². The highest BCUT2D eigenvalue weighted by Gasteiger charge is 2.20. The quantitative estimate of drug-likeness (QED) is 0.805. The minimum absolute atomic E-state index is 0.129. The Labute approximate surface area is 90.0 Å². The molecule has 0 saturated heterocycles. The van der Waals surface area contributed by atoms with Crippen molar-refractivity contribution in [2.75, 3.05) is 25.1 Å². The lowest BCUT2D eigenvalue weighted by molar-refractivity contribution is 0.303. The molecule has 4 nitrogen and oxygen atoms in total. The van der Waals surface area contributed by atoms with Crippen LogP contribution in [0, 0.1) is 0 Å². The van der Waals surface area contributed by atoms with Gasteiger partial charge in [0.2, 0.25) is 5.95 Å². The molecule has 1 aliphatic carbocycles. The molecule has 1 fully saturated rings. The lowest BCUT2D eigenvalue weighted by Gasteiger charge is -2.25. The van der Waals surface area contributed by atoms with Crippen LogP contribution in [-0.2, 0) is 0 Å². The van der Waals surface area contributed by atoms with Crippen molar-refractivity contribution in [3.8, 4) is 0 Å². The number of rotatable bonds is 4. The van der Waals surface area contributed by atoms with Gasteiger partial charge in [0.1, 0.15) is 0 Å². The van der Waals surface area contributed by atoms with Crippen LogP contribution in [0.2, 0.25) is 0 Å². The Kier molecular flexibility index (Phi) is 3.16. The van der Waals surface area contributed by atoms with Crippen molar-refractivity contribution in [1.82, 2.24) is 9.97 Å². The van der Waals surface area contributed by atoms with Crippen LogP contribution in [0.3, 0.4) is 0 Å². The molecule has 1 saturated carbocycles. The number of aromatic nitrogens is 2. The first-order valence-corrected chi connectivity index (χ1v) is 5.45. The molecule has 1 aromatic rings. The maximum Gasteiger partial charge on any atom is 0.225 e. The number of aliphatic hydroxyl groups is 1. The van der Waals surface area contributed by atoms with Crippen LogP contribution < -0.4 is 4.90 Å². The summed E-state index contributed by atoms with van der Waals surface area (Å²) in [5.74, 6) is 1.37. The molecule has 0 spiro atoms. The van der Waals surface area contributed by atoms with Crippen LogP contribution in [-0.4, -0.2) is 35.3 Å². The molecule has 1 aliphatic rings. The molecule has 82 valence electrons. The zero-order valence-corrected chi connectivity index (χ0v) is 9.06. The second-order valence-corrected chi connectivity index (χ2v) is 4.09. The summed E-state index contributed by atoms with van der Waals surface area (Å²) < 4.78 is 0. The van der Waals surface area contributed by atoms with E-state index in [9.17, 15) is 0 Å². The number of hydrogen-bond acceptors (Lipinski definition) is 4. The molecule has 0 aromatic carbocycles. The molecular formula is C11H17N3O. The third-order valence-corrected chi connectivity index (χ3v) is 3.01. The smallest absolute Gasteiger partial charge is 0.225 e. The fourth-order valence-corrected chi connectivity index (χ4v) is 1.73. The van der Waals surface area contributed by atoms with Gasteiger partial charge in [-0.25, -0.2) is 9.97 Å². The van der Waals surface area contributed by atoms with Crippen molar-refractivity contribution in [3.63, 3.8) is 0 Å². The minimum Gasteiger partial charge on any atom is -0.395 e. The first kappa shape index (κ1) is 10.4. The van der Waals surface area contributed by atoms with Gasteiger partial charge in [-0.05, 0) is 24.3 Å². The lowest BCUT2D eigenvalue weighted by atomic mass is 9.81. The van der Waals surface area contributed by atoms with E-state index in [1.165, 1.54) is 24.8 Å². The number of nitrogens with zero attached hydrogens (tertiary/aromatic N) is 3. The molecule has 0 atom stereocenters. The summed E-state index contributed by atoms with van der Waals surface area (Å²) in [5, 5.41) is 8.79. The molecule has 0 radical (unpaired) electrons. The average molecular weight is 207 g/mol. The third-order valence-electron chi connectivity index (χ3n) is 3.01. The Bertz CT molecular complexity index is 308. The molecule has 1 aromatic heterocycles. The molecule has 1 heterocycles. The van der Waals surface area contributed by atoms with Crippen LogP contribution in [0.4, 0.5) is 5.95 Å². The third kappa shape index (κ3) is 2.26. The normalized spacial score (nSPS) is 16.1. The van der Waals surface area contributed by atoms with Gasteiger partial charge in [-0.1, -0.05) is 6.42 Å². The van der Waals surface area contributed by atoms with Gasteiger partial charge in [0.25, 0.3) is 0 Å². The second kappa shape index (κ2) is 4.57. The van der Waals surface area contributed by atoms with Gasteiger partial charge in [-0.3, -0.25) is 0 Å². The molecule has 2 rings (SSSR count). The molecule has 0 bridgehead atoms. The largest absolute Gasteiger partial charge is 0.395 e. The molecule has 0 aliphatic heterocycles. The summed E-state index contributed by atoms with van der Waals surface area (Å²) in [7, 11) is 1.88. The minimum atomic E-state index is 0.129. The standard InChI is InChI=1S/C11H17N3O/c1-14(5-6-15)11-12-7-10(8-13-11)9-3-2-4-9/h7-9,15H,2-6H2,1H3. The van der Waals surface area contributed by atoms with Gasteiger partial charge < -0.3 is 10.0 Å². The molecular weight excluding hydrogens is 190 g/mol. The van der Waals surface area contributed by atoms with Crippen molar-refractivity contribution >= 4 is 5.95 Å². The van der Waals surface area contributed by atoms with Gasteiger partial charge >= 0.3 is 0 Å². The number of anilines is 1. The summed E-state index contributed by atoms with van der Waals surface area (Å²) in [6.07, 6.45) is 7.71.